The lowest BCUT2D eigenvalue weighted by Crippen LogP contribution is -2.32. The van der Waals surface area contributed by atoms with Gasteiger partial charge in [0.15, 0.2) is 0 Å². The van der Waals surface area contributed by atoms with Gasteiger partial charge < -0.3 is 0 Å². The summed E-state index contributed by atoms with van der Waals surface area (Å²) in [7, 11) is 0. The Hall–Kier alpha value is -1.18. The van der Waals surface area contributed by atoms with E-state index in [1.54, 1.807) is 11.3 Å². The standard InChI is InChI=1S/C14H11BrN2S/c15-11-4-1-3-10(7-11)12-8-18-13(17-12)14(9-16)5-2-6-14/h1,3-4,7-8H,2,5-6H2. The van der Waals surface area contributed by atoms with Crippen molar-refractivity contribution >= 4 is 27.3 Å². The van der Waals surface area contributed by atoms with Crippen molar-refractivity contribution in [1.29, 1.82) is 5.26 Å². The summed E-state index contributed by atoms with van der Waals surface area (Å²) in [6, 6.07) is 10.5. The topological polar surface area (TPSA) is 36.7 Å². The van der Waals surface area contributed by atoms with Gasteiger partial charge in [0.25, 0.3) is 0 Å². The summed E-state index contributed by atoms with van der Waals surface area (Å²) < 4.78 is 1.05. The van der Waals surface area contributed by atoms with Crippen molar-refractivity contribution < 1.29 is 0 Å². The van der Waals surface area contributed by atoms with Crippen molar-refractivity contribution in [2.24, 2.45) is 0 Å². The summed E-state index contributed by atoms with van der Waals surface area (Å²) >= 11 is 5.08. The van der Waals surface area contributed by atoms with Crippen LogP contribution in [-0.2, 0) is 5.41 Å². The molecular weight excluding hydrogens is 308 g/mol. The molecular formula is C14H11BrN2S. The second-order valence-electron chi connectivity index (χ2n) is 4.60. The molecule has 1 saturated carbocycles. The smallest absolute Gasteiger partial charge is 0.114 e. The van der Waals surface area contributed by atoms with Gasteiger partial charge in [0.05, 0.1) is 11.8 Å². The molecule has 18 heavy (non-hydrogen) atoms. The van der Waals surface area contributed by atoms with Gasteiger partial charge in [0.2, 0.25) is 0 Å². The predicted molar refractivity (Wildman–Crippen MR) is 76.4 cm³/mol. The third kappa shape index (κ3) is 1.88. The van der Waals surface area contributed by atoms with Crippen molar-refractivity contribution in [3.05, 3.63) is 39.1 Å². The number of hydrogen-bond donors (Lipinski definition) is 0. The zero-order valence-electron chi connectivity index (χ0n) is 9.69. The summed E-state index contributed by atoms with van der Waals surface area (Å²) in [5, 5.41) is 12.4. The van der Waals surface area contributed by atoms with Crippen LogP contribution in [0.3, 0.4) is 0 Å². The van der Waals surface area contributed by atoms with Gasteiger partial charge >= 0.3 is 0 Å². The molecule has 0 aliphatic heterocycles. The third-order valence-corrected chi connectivity index (χ3v) is 4.99. The van der Waals surface area contributed by atoms with Gasteiger partial charge in [-0.2, -0.15) is 5.26 Å². The average molecular weight is 319 g/mol. The Balaban J connectivity index is 1.97. The van der Waals surface area contributed by atoms with Crippen LogP contribution >= 0.6 is 27.3 Å². The molecule has 3 rings (SSSR count). The minimum Gasteiger partial charge on any atom is -0.240 e. The molecule has 0 unspecified atom stereocenters. The molecule has 90 valence electrons. The largest absolute Gasteiger partial charge is 0.240 e. The predicted octanol–water partition coefficient (Wildman–Crippen LogP) is 4.52. The van der Waals surface area contributed by atoms with Crippen LogP contribution < -0.4 is 0 Å². The molecule has 1 aromatic carbocycles. The molecule has 1 fully saturated rings. The highest BCUT2D eigenvalue weighted by molar-refractivity contribution is 9.10. The first-order valence-electron chi connectivity index (χ1n) is 5.87. The molecule has 0 amide bonds. The highest BCUT2D eigenvalue weighted by atomic mass is 79.9. The van der Waals surface area contributed by atoms with Gasteiger partial charge in [-0.05, 0) is 31.4 Å². The van der Waals surface area contributed by atoms with Crippen molar-refractivity contribution in [2.45, 2.75) is 24.7 Å². The maximum absolute atomic E-state index is 9.32. The highest BCUT2D eigenvalue weighted by Crippen LogP contribution is 2.45. The van der Waals surface area contributed by atoms with Crippen LogP contribution in [0.15, 0.2) is 34.1 Å². The van der Waals surface area contributed by atoms with E-state index in [9.17, 15) is 5.26 Å². The fourth-order valence-corrected chi connectivity index (χ4v) is 3.62. The van der Waals surface area contributed by atoms with Gasteiger partial charge in [-0.25, -0.2) is 4.98 Å². The number of aromatic nitrogens is 1. The van der Waals surface area contributed by atoms with Crippen LogP contribution in [0, 0.1) is 11.3 Å². The molecule has 0 spiro atoms. The number of halogens is 1. The summed E-state index contributed by atoms with van der Waals surface area (Å²) in [6.45, 7) is 0. The van der Waals surface area contributed by atoms with E-state index in [1.807, 2.05) is 18.2 Å². The fraction of sp³-hybridized carbons (Fsp3) is 0.286. The van der Waals surface area contributed by atoms with Crippen LogP contribution in [0.1, 0.15) is 24.3 Å². The summed E-state index contributed by atoms with van der Waals surface area (Å²) in [5.74, 6) is 0. The molecule has 4 heteroatoms. The summed E-state index contributed by atoms with van der Waals surface area (Å²) in [4.78, 5) is 4.66. The molecule has 0 saturated heterocycles. The monoisotopic (exact) mass is 318 g/mol. The lowest BCUT2D eigenvalue weighted by molar-refractivity contribution is 0.323. The van der Waals surface area contributed by atoms with Crippen molar-refractivity contribution in [3.8, 4) is 17.3 Å². The van der Waals surface area contributed by atoms with Crippen LogP contribution in [0.4, 0.5) is 0 Å². The lowest BCUT2D eigenvalue weighted by Gasteiger charge is -2.32. The SMILES string of the molecule is N#CC1(c2nc(-c3cccc(Br)c3)cs2)CCC1. The summed E-state index contributed by atoms with van der Waals surface area (Å²) in [5.41, 5.74) is 1.77. The molecule has 1 aromatic heterocycles. The number of rotatable bonds is 2. The van der Waals surface area contributed by atoms with E-state index in [-0.39, 0.29) is 5.41 Å². The van der Waals surface area contributed by atoms with Crippen LogP contribution in [0.25, 0.3) is 11.3 Å². The van der Waals surface area contributed by atoms with Crippen LogP contribution in [-0.4, -0.2) is 4.98 Å². The van der Waals surface area contributed by atoms with Crippen molar-refractivity contribution in [3.63, 3.8) is 0 Å². The lowest BCUT2D eigenvalue weighted by atomic mass is 9.70. The van der Waals surface area contributed by atoms with Crippen LogP contribution in [0.5, 0.6) is 0 Å². The minimum absolute atomic E-state index is 0.297. The fourth-order valence-electron chi connectivity index (χ4n) is 2.18. The van der Waals surface area contributed by atoms with Crippen molar-refractivity contribution in [1.82, 2.24) is 4.98 Å². The van der Waals surface area contributed by atoms with E-state index in [0.29, 0.717) is 0 Å². The molecule has 0 N–H and O–H groups in total. The van der Waals surface area contributed by atoms with E-state index in [2.05, 4.69) is 38.4 Å². The van der Waals surface area contributed by atoms with Gasteiger partial charge in [0.1, 0.15) is 10.4 Å². The molecule has 2 nitrogen and oxygen atoms in total. The maximum atomic E-state index is 9.32. The molecule has 1 aliphatic rings. The van der Waals surface area contributed by atoms with E-state index in [0.717, 1.165) is 40.0 Å². The number of benzene rings is 1. The Bertz CT molecular complexity index is 623. The summed E-state index contributed by atoms with van der Waals surface area (Å²) in [6.07, 6.45) is 3.04. The van der Waals surface area contributed by atoms with Gasteiger partial charge in [-0.1, -0.05) is 28.1 Å². The molecule has 0 bridgehead atoms. The Kier molecular flexibility index (Phi) is 2.96. The molecule has 2 aromatic rings. The minimum atomic E-state index is -0.297. The van der Waals surface area contributed by atoms with Crippen LogP contribution in [0.2, 0.25) is 0 Å². The quantitative estimate of drug-likeness (QED) is 0.816. The highest BCUT2D eigenvalue weighted by Gasteiger charge is 2.41. The Morgan fingerprint density at radius 1 is 1.39 bits per heavy atom. The first kappa shape index (κ1) is 11.9. The molecule has 0 atom stereocenters. The van der Waals surface area contributed by atoms with Gasteiger partial charge in [-0.3, -0.25) is 0 Å². The normalized spacial score (nSPS) is 16.9. The molecule has 1 heterocycles. The zero-order chi connectivity index (χ0) is 12.6. The Labute approximate surface area is 118 Å². The third-order valence-electron chi connectivity index (χ3n) is 3.46. The second kappa shape index (κ2) is 4.49. The second-order valence-corrected chi connectivity index (χ2v) is 6.37. The first-order valence-corrected chi connectivity index (χ1v) is 7.54. The maximum Gasteiger partial charge on any atom is 0.114 e. The first-order chi connectivity index (χ1) is 8.73. The van der Waals surface area contributed by atoms with Crippen molar-refractivity contribution in [2.75, 3.05) is 0 Å². The molecule has 0 radical (unpaired) electrons. The van der Waals surface area contributed by atoms with Gasteiger partial charge in [0, 0.05) is 15.4 Å². The number of hydrogen-bond acceptors (Lipinski definition) is 3. The Morgan fingerprint density at radius 2 is 2.22 bits per heavy atom. The van der Waals surface area contributed by atoms with E-state index in [4.69, 9.17) is 0 Å². The average Bonchev–Trinajstić information content (AvgIpc) is 2.78. The number of nitriles is 1. The zero-order valence-corrected chi connectivity index (χ0v) is 12.1. The van der Waals surface area contributed by atoms with E-state index < -0.39 is 0 Å². The van der Waals surface area contributed by atoms with E-state index >= 15 is 0 Å². The number of thiazole rings is 1. The van der Waals surface area contributed by atoms with Gasteiger partial charge in [-0.15, -0.1) is 11.3 Å². The van der Waals surface area contributed by atoms with E-state index in [1.165, 1.54) is 0 Å². The number of nitrogens with zero attached hydrogens (tertiary/aromatic N) is 2. The molecule has 1 aliphatic carbocycles. The Morgan fingerprint density at radius 3 is 2.83 bits per heavy atom.